The number of nitrogens with zero attached hydrogens (tertiary/aromatic N) is 1. The minimum absolute atomic E-state index is 0.0921. The molecular formula is C19H20N2O3. The first kappa shape index (κ1) is 16.1. The van der Waals surface area contributed by atoms with Crippen molar-refractivity contribution in [3.8, 4) is 5.75 Å². The van der Waals surface area contributed by atoms with Crippen LogP contribution in [0.1, 0.15) is 28.4 Å². The first-order chi connectivity index (χ1) is 11.6. The highest BCUT2D eigenvalue weighted by Gasteiger charge is 2.33. The van der Waals surface area contributed by atoms with Gasteiger partial charge in [0, 0.05) is 24.2 Å². The van der Waals surface area contributed by atoms with Crippen LogP contribution < -0.4 is 10.1 Å². The number of carbonyl (C=O) groups excluding carboxylic acids is 2. The molecule has 0 radical (unpaired) electrons. The van der Waals surface area contributed by atoms with Crippen LogP contribution in [0.2, 0.25) is 0 Å². The predicted molar refractivity (Wildman–Crippen MR) is 90.6 cm³/mol. The van der Waals surface area contributed by atoms with Gasteiger partial charge in [0.2, 0.25) is 5.91 Å². The number of para-hydroxylation sites is 1. The van der Waals surface area contributed by atoms with Crippen LogP contribution in [-0.4, -0.2) is 29.9 Å². The highest BCUT2D eigenvalue weighted by Crippen LogP contribution is 2.24. The number of amides is 2. The van der Waals surface area contributed by atoms with Gasteiger partial charge < -0.3 is 15.0 Å². The number of rotatable bonds is 5. The molecule has 1 aliphatic rings. The fourth-order valence-corrected chi connectivity index (χ4v) is 2.91. The van der Waals surface area contributed by atoms with Crippen LogP contribution in [0.5, 0.6) is 5.75 Å². The molecule has 1 atom stereocenters. The molecule has 2 aromatic rings. The molecule has 5 nitrogen and oxygen atoms in total. The van der Waals surface area contributed by atoms with Gasteiger partial charge in [-0.2, -0.15) is 0 Å². The summed E-state index contributed by atoms with van der Waals surface area (Å²) in [7, 11) is 1.60. The lowest BCUT2D eigenvalue weighted by molar-refractivity contribution is -0.125. The van der Waals surface area contributed by atoms with E-state index in [1.54, 1.807) is 25.0 Å². The Hall–Kier alpha value is -2.82. The van der Waals surface area contributed by atoms with E-state index < -0.39 is 6.04 Å². The maximum atomic E-state index is 12.5. The topological polar surface area (TPSA) is 58.6 Å². The van der Waals surface area contributed by atoms with Crippen molar-refractivity contribution in [2.24, 2.45) is 0 Å². The smallest absolute Gasteiger partial charge is 0.255 e. The van der Waals surface area contributed by atoms with E-state index in [1.165, 1.54) is 0 Å². The molecule has 0 spiro atoms. The van der Waals surface area contributed by atoms with E-state index in [0.29, 0.717) is 18.7 Å². The lowest BCUT2D eigenvalue weighted by Crippen LogP contribution is -2.45. The van der Waals surface area contributed by atoms with E-state index in [1.807, 2.05) is 42.5 Å². The lowest BCUT2D eigenvalue weighted by Gasteiger charge is -2.23. The van der Waals surface area contributed by atoms with E-state index in [0.717, 1.165) is 16.9 Å². The molecule has 2 aromatic carbocycles. The van der Waals surface area contributed by atoms with E-state index in [-0.39, 0.29) is 11.8 Å². The average molecular weight is 324 g/mol. The normalized spacial score (nSPS) is 14.2. The van der Waals surface area contributed by atoms with Crippen molar-refractivity contribution in [3.63, 3.8) is 0 Å². The van der Waals surface area contributed by atoms with Crippen LogP contribution in [0.25, 0.3) is 0 Å². The first-order valence-corrected chi connectivity index (χ1v) is 7.90. The molecule has 0 bridgehead atoms. The van der Waals surface area contributed by atoms with Gasteiger partial charge in [-0.3, -0.25) is 9.59 Å². The van der Waals surface area contributed by atoms with E-state index in [2.05, 4.69) is 5.32 Å². The van der Waals surface area contributed by atoms with Crippen LogP contribution in [0.15, 0.2) is 48.5 Å². The third kappa shape index (κ3) is 2.97. The summed E-state index contributed by atoms with van der Waals surface area (Å²) in [6.07, 6.45) is 0. The molecule has 124 valence electrons. The molecule has 0 saturated heterocycles. The Balaban J connectivity index is 1.65. The monoisotopic (exact) mass is 324 g/mol. The Morgan fingerprint density at radius 1 is 1.21 bits per heavy atom. The fraction of sp³-hybridized carbons (Fsp3) is 0.263. The van der Waals surface area contributed by atoms with Gasteiger partial charge in [0.05, 0.1) is 7.11 Å². The number of hydrogen-bond donors (Lipinski definition) is 1. The predicted octanol–water partition coefficient (Wildman–Crippen LogP) is 2.36. The Morgan fingerprint density at radius 3 is 2.67 bits per heavy atom. The van der Waals surface area contributed by atoms with Crippen LogP contribution >= 0.6 is 0 Å². The number of fused-ring (bicyclic) bond motifs is 1. The number of nitrogens with one attached hydrogen (secondary N) is 1. The Bertz CT molecular complexity index is 773. The maximum absolute atomic E-state index is 12.5. The van der Waals surface area contributed by atoms with Crippen molar-refractivity contribution in [3.05, 3.63) is 65.2 Å². The maximum Gasteiger partial charge on any atom is 0.255 e. The minimum Gasteiger partial charge on any atom is -0.496 e. The molecule has 5 heteroatoms. The zero-order chi connectivity index (χ0) is 17.1. The number of ether oxygens (including phenoxy) is 1. The third-order valence-electron chi connectivity index (χ3n) is 4.34. The van der Waals surface area contributed by atoms with Crippen molar-refractivity contribution in [2.45, 2.75) is 26.1 Å². The van der Waals surface area contributed by atoms with Crippen molar-refractivity contribution in [1.82, 2.24) is 10.2 Å². The van der Waals surface area contributed by atoms with Gasteiger partial charge in [-0.25, -0.2) is 0 Å². The molecule has 24 heavy (non-hydrogen) atoms. The highest BCUT2D eigenvalue weighted by molar-refractivity contribution is 6.01. The second-order valence-electron chi connectivity index (χ2n) is 5.80. The van der Waals surface area contributed by atoms with Gasteiger partial charge >= 0.3 is 0 Å². The summed E-state index contributed by atoms with van der Waals surface area (Å²) in [4.78, 5) is 26.5. The first-order valence-electron chi connectivity index (χ1n) is 7.90. The number of hydrogen-bond acceptors (Lipinski definition) is 3. The molecule has 1 N–H and O–H groups in total. The number of carbonyl (C=O) groups is 2. The lowest BCUT2D eigenvalue weighted by atomic mass is 10.1. The van der Waals surface area contributed by atoms with Gasteiger partial charge in [-0.1, -0.05) is 36.4 Å². The Labute approximate surface area is 141 Å². The molecule has 0 aromatic heterocycles. The van der Waals surface area contributed by atoms with Crippen molar-refractivity contribution in [1.29, 1.82) is 0 Å². The standard InChI is InChI=1S/C19H20N2O3/c1-13(21-12-15-8-3-5-9-16(15)19(21)23)18(22)20-11-14-7-4-6-10-17(14)24-2/h3-10,13H,11-12H2,1-2H3,(H,20,22)/t13-/m1/s1. The zero-order valence-corrected chi connectivity index (χ0v) is 13.8. The second kappa shape index (κ2) is 6.74. The fourth-order valence-electron chi connectivity index (χ4n) is 2.91. The molecule has 1 heterocycles. The average Bonchev–Trinajstić information content (AvgIpc) is 2.96. The molecule has 0 saturated carbocycles. The van der Waals surface area contributed by atoms with Crippen LogP contribution in [0, 0.1) is 0 Å². The SMILES string of the molecule is COc1ccccc1CNC(=O)[C@@H](C)N1Cc2ccccc2C1=O. The van der Waals surface area contributed by atoms with Crippen molar-refractivity contribution in [2.75, 3.05) is 7.11 Å². The molecular weight excluding hydrogens is 304 g/mol. The second-order valence-corrected chi connectivity index (χ2v) is 5.80. The zero-order valence-electron chi connectivity index (χ0n) is 13.8. The van der Waals surface area contributed by atoms with E-state index in [9.17, 15) is 9.59 Å². The summed E-state index contributed by atoms with van der Waals surface area (Å²) >= 11 is 0. The van der Waals surface area contributed by atoms with E-state index >= 15 is 0 Å². The van der Waals surface area contributed by atoms with Crippen LogP contribution in [0.4, 0.5) is 0 Å². The van der Waals surface area contributed by atoms with Gasteiger partial charge in [0.1, 0.15) is 11.8 Å². The highest BCUT2D eigenvalue weighted by atomic mass is 16.5. The minimum atomic E-state index is -0.528. The molecule has 2 amide bonds. The van der Waals surface area contributed by atoms with Gasteiger partial charge in [0.15, 0.2) is 0 Å². The third-order valence-corrected chi connectivity index (χ3v) is 4.34. The Kier molecular flexibility index (Phi) is 4.51. The number of methoxy groups -OCH3 is 1. The summed E-state index contributed by atoms with van der Waals surface area (Å²) in [5.74, 6) is 0.461. The summed E-state index contributed by atoms with van der Waals surface area (Å²) in [6.45, 7) is 2.59. The summed E-state index contributed by atoms with van der Waals surface area (Å²) in [6, 6.07) is 14.5. The largest absolute Gasteiger partial charge is 0.496 e. The van der Waals surface area contributed by atoms with Crippen molar-refractivity contribution >= 4 is 11.8 Å². The quantitative estimate of drug-likeness (QED) is 0.918. The number of benzene rings is 2. The van der Waals surface area contributed by atoms with E-state index in [4.69, 9.17) is 4.74 Å². The summed E-state index contributed by atoms with van der Waals surface area (Å²) < 4.78 is 5.28. The van der Waals surface area contributed by atoms with Crippen molar-refractivity contribution < 1.29 is 14.3 Å². The summed E-state index contributed by atoms with van der Waals surface area (Å²) in [5.41, 5.74) is 2.55. The van der Waals surface area contributed by atoms with Gasteiger partial charge in [0.25, 0.3) is 5.91 Å². The summed E-state index contributed by atoms with van der Waals surface area (Å²) in [5, 5.41) is 2.88. The molecule has 0 unspecified atom stereocenters. The Morgan fingerprint density at radius 2 is 1.92 bits per heavy atom. The molecule has 1 aliphatic heterocycles. The molecule has 0 aliphatic carbocycles. The van der Waals surface area contributed by atoms with Gasteiger partial charge in [-0.05, 0) is 24.6 Å². The van der Waals surface area contributed by atoms with Crippen LogP contribution in [-0.2, 0) is 17.9 Å². The van der Waals surface area contributed by atoms with Crippen LogP contribution in [0.3, 0.4) is 0 Å². The molecule has 3 rings (SSSR count). The molecule has 0 fully saturated rings. The van der Waals surface area contributed by atoms with Gasteiger partial charge in [-0.15, -0.1) is 0 Å².